The summed E-state index contributed by atoms with van der Waals surface area (Å²) in [4.78, 5) is 2.31. The van der Waals surface area contributed by atoms with Crippen LogP contribution in [-0.2, 0) is 22.9 Å². The van der Waals surface area contributed by atoms with Gasteiger partial charge in [-0.15, -0.1) is 0 Å². The van der Waals surface area contributed by atoms with Gasteiger partial charge in [-0.25, -0.2) is 0 Å². The summed E-state index contributed by atoms with van der Waals surface area (Å²) in [6.45, 7) is 2.65. The molecule has 35 heavy (non-hydrogen) atoms. The number of hydrogen-bond acceptors (Lipinski definition) is 3. The van der Waals surface area contributed by atoms with Crippen molar-refractivity contribution in [3.63, 3.8) is 0 Å². The van der Waals surface area contributed by atoms with Gasteiger partial charge in [0.1, 0.15) is 0 Å². The van der Waals surface area contributed by atoms with Crippen molar-refractivity contribution in [2.75, 3.05) is 26.7 Å². The molecule has 182 valence electrons. The summed E-state index contributed by atoms with van der Waals surface area (Å²) in [5.74, 6) is 0. The van der Waals surface area contributed by atoms with E-state index in [2.05, 4.69) is 46.1 Å². The van der Waals surface area contributed by atoms with Gasteiger partial charge in [-0.3, -0.25) is 0 Å². The van der Waals surface area contributed by atoms with Crippen LogP contribution in [0.2, 0.25) is 0 Å². The molecule has 1 fully saturated rings. The highest BCUT2D eigenvalue weighted by molar-refractivity contribution is 9.10. The van der Waals surface area contributed by atoms with Crippen LogP contribution in [0.1, 0.15) is 35.1 Å². The number of halogens is 4. The summed E-state index contributed by atoms with van der Waals surface area (Å²) in [6, 6.07) is 20.8. The summed E-state index contributed by atoms with van der Waals surface area (Å²) in [5, 5.41) is 9.60. The molecular formula is C28H26BrF3N2O. The van der Waals surface area contributed by atoms with Gasteiger partial charge in [0.25, 0.3) is 0 Å². The van der Waals surface area contributed by atoms with Crippen LogP contribution in [0.5, 0.6) is 0 Å². The van der Waals surface area contributed by atoms with E-state index < -0.39 is 11.7 Å². The van der Waals surface area contributed by atoms with Crippen molar-refractivity contribution >= 4 is 15.9 Å². The topological polar surface area (TPSA) is 36.3 Å². The van der Waals surface area contributed by atoms with E-state index in [1.165, 1.54) is 11.6 Å². The molecule has 0 radical (unpaired) electrons. The first-order chi connectivity index (χ1) is 16.7. The third-order valence-corrected chi connectivity index (χ3v) is 7.31. The number of benzene rings is 3. The zero-order valence-corrected chi connectivity index (χ0v) is 21.0. The molecule has 1 aliphatic heterocycles. The molecule has 1 heterocycles. The minimum absolute atomic E-state index is 0.126. The average molecular weight is 543 g/mol. The first kappa shape index (κ1) is 25.4. The van der Waals surface area contributed by atoms with Crippen LogP contribution in [0.25, 0.3) is 11.1 Å². The van der Waals surface area contributed by atoms with Gasteiger partial charge in [0, 0.05) is 9.89 Å². The number of ether oxygens (including phenoxy) is 1. The second-order valence-electron chi connectivity index (χ2n) is 9.15. The van der Waals surface area contributed by atoms with Crippen LogP contribution in [0, 0.1) is 11.3 Å². The van der Waals surface area contributed by atoms with E-state index in [9.17, 15) is 18.4 Å². The van der Waals surface area contributed by atoms with Crippen LogP contribution in [0.15, 0.2) is 71.2 Å². The van der Waals surface area contributed by atoms with E-state index in [-0.39, 0.29) is 12.0 Å². The normalized spacial score (nSPS) is 16.1. The Morgan fingerprint density at radius 3 is 2.34 bits per heavy atom. The number of nitrogens with zero attached hydrogens (tertiary/aromatic N) is 2. The number of hydrogen-bond donors (Lipinski definition) is 0. The maximum atomic E-state index is 13.2. The Morgan fingerprint density at radius 1 is 1.00 bits per heavy atom. The minimum Gasteiger partial charge on any atom is -0.376 e. The largest absolute Gasteiger partial charge is 0.416 e. The molecule has 0 spiro atoms. The fourth-order valence-electron chi connectivity index (χ4n) is 4.60. The maximum Gasteiger partial charge on any atom is 0.416 e. The molecule has 0 unspecified atom stereocenters. The molecule has 3 nitrogen and oxygen atoms in total. The van der Waals surface area contributed by atoms with Gasteiger partial charge in [-0.05, 0) is 91.6 Å². The van der Waals surface area contributed by atoms with E-state index in [0.717, 1.165) is 42.5 Å². The zero-order valence-electron chi connectivity index (χ0n) is 19.4. The second-order valence-corrected chi connectivity index (χ2v) is 10.1. The van der Waals surface area contributed by atoms with Crippen LogP contribution >= 0.6 is 15.9 Å². The predicted octanol–water partition coefficient (Wildman–Crippen LogP) is 7.19. The summed E-state index contributed by atoms with van der Waals surface area (Å²) in [5.41, 5.74) is 2.60. The van der Waals surface area contributed by atoms with Crippen LogP contribution in [0.4, 0.5) is 13.2 Å². The number of nitriles is 1. The molecule has 4 rings (SSSR count). The fraction of sp³-hybridized carbons (Fsp3) is 0.321. The van der Waals surface area contributed by atoms with Gasteiger partial charge in [-0.2, -0.15) is 18.4 Å². The smallest absolute Gasteiger partial charge is 0.376 e. The number of alkyl halides is 3. The van der Waals surface area contributed by atoms with E-state index in [4.69, 9.17) is 4.74 Å². The quantitative estimate of drug-likeness (QED) is 0.330. The third kappa shape index (κ3) is 5.95. The molecule has 0 atom stereocenters. The zero-order chi connectivity index (χ0) is 25.1. The lowest BCUT2D eigenvalue weighted by Gasteiger charge is -2.41. The Bertz CT molecular complexity index is 1210. The molecule has 0 aliphatic carbocycles. The summed E-state index contributed by atoms with van der Waals surface area (Å²) < 4.78 is 46.8. The van der Waals surface area contributed by atoms with Crippen molar-refractivity contribution in [3.05, 3.63) is 93.5 Å². The molecule has 0 N–H and O–H groups in total. The second kappa shape index (κ2) is 10.5. The monoisotopic (exact) mass is 542 g/mol. The lowest BCUT2D eigenvalue weighted by molar-refractivity contribution is -0.137. The first-order valence-corrected chi connectivity index (χ1v) is 12.2. The van der Waals surface area contributed by atoms with Crippen molar-refractivity contribution in [1.82, 2.24) is 4.90 Å². The van der Waals surface area contributed by atoms with Crippen molar-refractivity contribution in [3.8, 4) is 17.2 Å². The molecule has 0 saturated carbocycles. The van der Waals surface area contributed by atoms with Crippen molar-refractivity contribution < 1.29 is 17.9 Å². The summed E-state index contributed by atoms with van der Waals surface area (Å²) in [6.07, 6.45) is -2.50. The van der Waals surface area contributed by atoms with Gasteiger partial charge >= 0.3 is 6.18 Å². The molecule has 7 heteroatoms. The predicted molar refractivity (Wildman–Crippen MR) is 134 cm³/mol. The standard InChI is InChI=1S/C28H26BrF3N2O/c1-34-13-11-27(12-14-34,24-7-9-26(29)10-8-24)19-35-18-23-15-21(5-6-22(23)17-33)20-3-2-4-25(16-20)28(30,31)32/h2-10,15-16H,11-14,18-19H2,1H3. The van der Waals surface area contributed by atoms with Crippen molar-refractivity contribution in [2.24, 2.45) is 0 Å². The Labute approximate surface area is 212 Å². The van der Waals surface area contributed by atoms with E-state index in [0.29, 0.717) is 28.9 Å². The lowest BCUT2D eigenvalue weighted by atomic mass is 9.73. The highest BCUT2D eigenvalue weighted by atomic mass is 79.9. The van der Waals surface area contributed by atoms with Gasteiger partial charge < -0.3 is 9.64 Å². The Kier molecular flexibility index (Phi) is 7.65. The van der Waals surface area contributed by atoms with Crippen molar-refractivity contribution in [1.29, 1.82) is 5.26 Å². The van der Waals surface area contributed by atoms with E-state index in [1.807, 2.05) is 12.1 Å². The third-order valence-electron chi connectivity index (χ3n) is 6.79. The van der Waals surface area contributed by atoms with Crippen LogP contribution < -0.4 is 0 Å². The number of piperidine rings is 1. The molecule has 3 aromatic rings. The van der Waals surface area contributed by atoms with Gasteiger partial charge in [-0.1, -0.05) is 46.3 Å². The minimum atomic E-state index is -4.41. The first-order valence-electron chi connectivity index (χ1n) is 11.4. The van der Waals surface area contributed by atoms with E-state index >= 15 is 0 Å². The Morgan fingerprint density at radius 2 is 1.69 bits per heavy atom. The average Bonchev–Trinajstić information content (AvgIpc) is 2.85. The fourth-order valence-corrected chi connectivity index (χ4v) is 4.86. The highest BCUT2D eigenvalue weighted by Gasteiger charge is 2.36. The van der Waals surface area contributed by atoms with Crippen LogP contribution in [-0.4, -0.2) is 31.6 Å². The maximum absolute atomic E-state index is 13.2. The lowest BCUT2D eigenvalue weighted by Crippen LogP contribution is -2.43. The number of likely N-dealkylation sites (tertiary alicyclic amines) is 1. The van der Waals surface area contributed by atoms with Crippen molar-refractivity contribution in [2.45, 2.75) is 31.0 Å². The highest BCUT2D eigenvalue weighted by Crippen LogP contribution is 2.37. The summed E-state index contributed by atoms with van der Waals surface area (Å²) >= 11 is 3.50. The summed E-state index contributed by atoms with van der Waals surface area (Å²) in [7, 11) is 2.12. The Hall–Kier alpha value is -2.66. The number of rotatable bonds is 6. The molecular weight excluding hydrogens is 517 g/mol. The molecule has 3 aromatic carbocycles. The van der Waals surface area contributed by atoms with E-state index in [1.54, 1.807) is 24.3 Å². The van der Waals surface area contributed by atoms with Gasteiger partial charge in [0.2, 0.25) is 0 Å². The molecule has 0 amide bonds. The molecule has 0 bridgehead atoms. The van der Waals surface area contributed by atoms with Crippen LogP contribution in [0.3, 0.4) is 0 Å². The molecule has 0 aromatic heterocycles. The molecule has 1 saturated heterocycles. The van der Waals surface area contributed by atoms with Gasteiger partial charge in [0.15, 0.2) is 0 Å². The van der Waals surface area contributed by atoms with Gasteiger partial charge in [0.05, 0.1) is 30.4 Å². The Balaban J connectivity index is 1.56. The SMILES string of the molecule is CN1CCC(COCc2cc(-c3cccc(C(F)(F)F)c3)ccc2C#N)(c2ccc(Br)cc2)CC1. The molecule has 1 aliphatic rings.